The van der Waals surface area contributed by atoms with Gasteiger partial charge in [0.1, 0.15) is 0 Å². The molecule has 0 rings (SSSR count). The second-order valence-corrected chi connectivity index (χ2v) is 3.88. The molecule has 0 spiro atoms. The van der Waals surface area contributed by atoms with Gasteiger partial charge in [-0.3, -0.25) is 0 Å². The van der Waals surface area contributed by atoms with Crippen molar-refractivity contribution in [3.63, 3.8) is 0 Å². The van der Waals surface area contributed by atoms with E-state index in [0.717, 1.165) is 0 Å². The predicted octanol–water partition coefficient (Wildman–Crippen LogP) is 3.57. The molecule has 0 unspecified atom stereocenters. The molecule has 0 aliphatic carbocycles. The van der Waals surface area contributed by atoms with Gasteiger partial charge in [-0.05, 0) is 19.8 Å². The first kappa shape index (κ1) is 17.1. The van der Waals surface area contributed by atoms with Gasteiger partial charge in [-0.15, -0.1) is 0 Å². The van der Waals surface area contributed by atoms with E-state index in [4.69, 9.17) is 0 Å². The molecule has 0 radical (unpaired) electrons. The standard InChI is InChI=1S/C9H22N.BF4/c1-5-8-10(4,7-3)9-6-2;2-1(3,4)5/h5-9H2,1-4H3;/q+1;-1. The summed E-state index contributed by atoms with van der Waals surface area (Å²) in [5.74, 6) is 0. The highest BCUT2D eigenvalue weighted by Gasteiger charge is 2.20. The van der Waals surface area contributed by atoms with Crippen LogP contribution < -0.4 is 0 Å². The highest BCUT2D eigenvalue weighted by molar-refractivity contribution is 6.50. The number of quaternary nitrogens is 1. The summed E-state index contributed by atoms with van der Waals surface area (Å²) in [4.78, 5) is 0. The van der Waals surface area contributed by atoms with Crippen molar-refractivity contribution in [3.05, 3.63) is 0 Å². The van der Waals surface area contributed by atoms with Crippen molar-refractivity contribution in [2.75, 3.05) is 26.7 Å². The molecule has 6 heteroatoms. The Morgan fingerprint density at radius 2 is 1.13 bits per heavy atom. The Morgan fingerprint density at radius 3 is 1.27 bits per heavy atom. The molecule has 0 aromatic carbocycles. The zero-order valence-corrected chi connectivity index (χ0v) is 10.1. The Labute approximate surface area is 90.2 Å². The Morgan fingerprint density at radius 1 is 0.867 bits per heavy atom. The van der Waals surface area contributed by atoms with Crippen LogP contribution in [0.3, 0.4) is 0 Å². The van der Waals surface area contributed by atoms with Gasteiger partial charge in [0.15, 0.2) is 0 Å². The van der Waals surface area contributed by atoms with E-state index in [2.05, 4.69) is 27.8 Å². The normalized spacial score (nSPS) is 12.0. The van der Waals surface area contributed by atoms with Crippen LogP contribution in [0.5, 0.6) is 0 Å². The van der Waals surface area contributed by atoms with Crippen molar-refractivity contribution in [1.82, 2.24) is 0 Å². The van der Waals surface area contributed by atoms with Crippen molar-refractivity contribution in [2.45, 2.75) is 33.6 Å². The van der Waals surface area contributed by atoms with Gasteiger partial charge in [-0.1, -0.05) is 13.8 Å². The number of hydrogen-bond donors (Lipinski definition) is 0. The first-order chi connectivity index (χ1) is 6.68. The van der Waals surface area contributed by atoms with Gasteiger partial charge >= 0.3 is 7.25 Å². The largest absolute Gasteiger partial charge is 0.673 e. The molecule has 15 heavy (non-hydrogen) atoms. The molecular weight excluding hydrogens is 209 g/mol. The minimum Gasteiger partial charge on any atom is -0.418 e. The molecule has 0 atom stereocenters. The van der Waals surface area contributed by atoms with Crippen molar-refractivity contribution in [3.8, 4) is 0 Å². The van der Waals surface area contributed by atoms with E-state index in [1.165, 1.54) is 37.0 Å². The lowest BCUT2D eigenvalue weighted by molar-refractivity contribution is -0.907. The van der Waals surface area contributed by atoms with E-state index in [1.54, 1.807) is 0 Å². The molecule has 0 N–H and O–H groups in total. The molecule has 94 valence electrons. The van der Waals surface area contributed by atoms with Gasteiger partial charge in [0.2, 0.25) is 0 Å². The fourth-order valence-corrected chi connectivity index (χ4v) is 1.51. The summed E-state index contributed by atoms with van der Waals surface area (Å²) in [5, 5.41) is 0. The van der Waals surface area contributed by atoms with Crippen LogP contribution in [0.25, 0.3) is 0 Å². The van der Waals surface area contributed by atoms with Crippen LogP contribution >= 0.6 is 0 Å². The third kappa shape index (κ3) is 16.4. The molecule has 0 fully saturated rings. The van der Waals surface area contributed by atoms with Crippen molar-refractivity contribution in [2.24, 2.45) is 0 Å². The molecule has 0 aliphatic heterocycles. The molecule has 0 saturated carbocycles. The van der Waals surface area contributed by atoms with E-state index in [1.807, 2.05) is 0 Å². The third-order valence-corrected chi connectivity index (χ3v) is 2.29. The molecule has 0 amide bonds. The smallest absolute Gasteiger partial charge is 0.418 e. The topological polar surface area (TPSA) is 0 Å². The monoisotopic (exact) mass is 231 g/mol. The van der Waals surface area contributed by atoms with Crippen molar-refractivity contribution >= 4 is 7.25 Å². The van der Waals surface area contributed by atoms with Crippen molar-refractivity contribution < 1.29 is 21.7 Å². The molecule has 0 aromatic heterocycles. The van der Waals surface area contributed by atoms with Crippen LogP contribution in [0.2, 0.25) is 0 Å². The minimum absolute atomic E-state index is 1.26. The highest BCUT2D eigenvalue weighted by Crippen LogP contribution is 2.06. The lowest BCUT2D eigenvalue weighted by atomic mass is 10.3. The number of hydrogen-bond acceptors (Lipinski definition) is 0. The quantitative estimate of drug-likeness (QED) is 0.385. The summed E-state index contributed by atoms with van der Waals surface area (Å²) in [6.07, 6.45) is 2.62. The van der Waals surface area contributed by atoms with E-state index >= 15 is 0 Å². The Bertz CT molecular complexity index is 138. The summed E-state index contributed by atoms with van der Waals surface area (Å²) in [5.41, 5.74) is 0. The van der Waals surface area contributed by atoms with Crippen LogP contribution in [0.1, 0.15) is 33.6 Å². The molecular formula is C9H22BF4N. The molecule has 0 bridgehead atoms. The van der Waals surface area contributed by atoms with E-state index < -0.39 is 7.25 Å². The zero-order chi connectivity index (χ0) is 12.5. The fraction of sp³-hybridized carbons (Fsp3) is 1.00. The lowest BCUT2D eigenvalue weighted by Crippen LogP contribution is -2.44. The first-order valence-corrected chi connectivity index (χ1v) is 5.39. The van der Waals surface area contributed by atoms with Crippen LogP contribution in [0.4, 0.5) is 17.3 Å². The van der Waals surface area contributed by atoms with Crippen LogP contribution in [0, 0.1) is 0 Å². The van der Waals surface area contributed by atoms with E-state index in [9.17, 15) is 17.3 Å². The first-order valence-electron chi connectivity index (χ1n) is 5.39. The van der Waals surface area contributed by atoms with Gasteiger partial charge in [-0.2, -0.15) is 0 Å². The minimum atomic E-state index is -6.00. The summed E-state index contributed by atoms with van der Waals surface area (Å²) in [6.45, 7) is 10.8. The summed E-state index contributed by atoms with van der Waals surface area (Å²) < 4.78 is 40.3. The number of halogens is 4. The maximum atomic E-state index is 9.75. The molecule has 0 saturated heterocycles. The SMILES string of the molecule is CCC[N+](C)(CC)CCC.F[B-](F)(F)F. The molecule has 0 aliphatic rings. The number of rotatable bonds is 5. The van der Waals surface area contributed by atoms with Crippen LogP contribution in [0.15, 0.2) is 0 Å². The fourth-order valence-electron chi connectivity index (χ4n) is 1.51. The number of nitrogens with zero attached hydrogens (tertiary/aromatic N) is 1. The third-order valence-electron chi connectivity index (χ3n) is 2.29. The van der Waals surface area contributed by atoms with Gasteiger partial charge in [-0.25, -0.2) is 0 Å². The van der Waals surface area contributed by atoms with Gasteiger partial charge in [0, 0.05) is 0 Å². The molecule has 1 nitrogen and oxygen atoms in total. The second kappa shape index (κ2) is 7.96. The van der Waals surface area contributed by atoms with Gasteiger partial charge in [0.05, 0.1) is 26.7 Å². The van der Waals surface area contributed by atoms with Crippen LogP contribution in [-0.2, 0) is 0 Å². The van der Waals surface area contributed by atoms with E-state index in [0.29, 0.717) is 0 Å². The van der Waals surface area contributed by atoms with E-state index in [-0.39, 0.29) is 0 Å². The Kier molecular flexibility index (Phi) is 9.10. The zero-order valence-electron chi connectivity index (χ0n) is 10.1. The Hall–Kier alpha value is -0.255. The summed E-state index contributed by atoms with van der Waals surface area (Å²) in [6, 6.07) is 0. The average Bonchev–Trinajstić information content (AvgIpc) is 2.02. The summed E-state index contributed by atoms with van der Waals surface area (Å²) in [7, 11) is -3.65. The lowest BCUT2D eigenvalue weighted by Gasteiger charge is -2.32. The molecule has 0 heterocycles. The van der Waals surface area contributed by atoms with Gasteiger partial charge in [0.25, 0.3) is 0 Å². The Balaban J connectivity index is 0. The highest BCUT2D eigenvalue weighted by atomic mass is 19.5. The van der Waals surface area contributed by atoms with Crippen LogP contribution in [-0.4, -0.2) is 38.4 Å². The maximum absolute atomic E-state index is 9.75. The van der Waals surface area contributed by atoms with Crippen molar-refractivity contribution in [1.29, 1.82) is 0 Å². The maximum Gasteiger partial charge on any atom is 0.673 e. The van der Waals surface area contributed by atoms with Gasteiger partial charge < -0.3 is 21.7 Å². The molecule has 0 aromatic rings. The predicted molar refractivity (Wildman–Crippen MR) is 57.2 cm³/mol. The average molecular weight is 231 g/mol. The second-order valence-electron chi connectivity index (χ2n) is 3.88. The summed E-state index contributed by atoms with van der Waals surface area (Å²) >= 11 is 0.